The molecule has 20 heavy (non-hydrogen) atoms. The van der Waals surface area contributed by atoms with Gasteiger partial charge in [0.25, 0.3) is 11.8 Å². The topological polar surface area (TPSA) is 74.7 Å². The molecule has 0 fully saturated rings. The monoisotopic (exact) mass is 273 g/mol. The summed E-state index contributed by atoms with van der Waals surface area (Å²) in [4.78, 5) is 36.5. The summed E-state index contributed by atoms with van der Waals surface area (Å²) < 4.78 is 0. The van der Waals surface area contributed by atoms with E-state index in [2.05, 4.69) is 0 Å². The van der Waals surface area contributed by atoms with Crippen molar-refractivity contribution in [2.75, 3.05) is 4.90 Å². The van der Waals surface area contributed by atoms with E-state index in [0.717, 1.165) is 10.5 Å². The molecule has 0 aliphatic carbocycles. The minimum atomic E-state index is -1.08. The summed E-state index contributed by atoms with van der Waals surface area (Å²) in [7, 11) is 0. The normalized spacial score (nSPS) is 15.3. The van der Waals surface area contributed by atoms with Crippen molar-refractivity contribution >= 4 is 23.5 Å². The van der Waals surface area contributed by atoms with Crippen molar-refractivity contribution in [3.63, 3.8) is 0 Å². The molecule has 0 aromatic heterocycles. The summed E-state index contributed by atoms with van der Waals surface area (Å²) in [5.74, 6) is -1.87. The standard InChI is InChI=1S/C15H15NO4/c1-7-5-11(6-12(8(7)2)15(19)20)16-13(17)9(3)10(4)14(16)18/h5-6H,1-4H3,(H,19,20). The molecule has 1 heterocycles. The molecule has 1 N–H and O–H groups in total. The van der Waals surface area contributed by atoms with Crippen LogP contribution in [0, 0.1) is 13.8 Å². The molecule has 0 spiro atoms. The molecule has 5 heteroatoms. The van der Waals surface area contributed by atoms with Gasteiger partial charge in [0.05, 0.1) is 11.3 Å². The molecule has 5 nitrogen and oxygen atoms in total. The zero-order valence-electron chi connectivity index (χ0n) is 11.8. The van der Waals surface area contributed by atoms with E-state index in [-0.39, 0.29) is 5.56 Å². The number of benzene rings is 1. The van der Waals surface area contributed by atoms with Crippen LogP contribution in [-0.4, -0.2) is 22.9 Å². The molecule has 0 saturated carbocycles. The Kier molecular flexibility index (Phi) is 3.21. The van der Waals surface area contributed by atoms with Crippen LogP contribution in [0.4, 0.5) is 5.69 Å². The average molecular weight is 273 g/mol. The van der Waals surface area contributed by atoms with E-state index in [4.69, 9.17) is 0 Å². The zero-order valence-corrected chi connectivity index (χ0v) is 11.8. The maximum atomic E-state index is 12.1. The number of carboxylic acids is 1. The lowest BCUT2D eigenvalue weighted by atomic mass is 10.0. The molecule has 0 saturated heterocycles. The fourth-order valence-electron chi connectivity index (χ4n) is 2.17. The van der Waals surface area contributed by atoms with E-state index in [1.165, 1.54) is 6.07 Å². The molecule has 1 aliphatic rings. The quantitative estimate of drug-likeness (QED) is 0.838. The molecule has 0 radical (unpaired) electrons. The number of rotatable bonds is 2. The Morgan fingerprint density at radius 1 is 1.00 bits per heavy atom. The van der Waals surface area contributed by atoms with Gasteiger partial charge in [-0.25, -0.2) is 9.69 Å². The summed E-state index contributed by atoms with van der Waals surface area (Å²) in [5.41, 5.74) is 2.54. The first-order chi connectivity index (χ1) is 9.25. The van der Waals surface area contributed by atoms with Crippen molar-refractivity contribution < 1.29 is 19.5 Å². The highest BCUT2D eigenvalue weighted by atomic mass is 16.4. The third kappa shape index (κ3) is 1.91. The van der Waals surface area contributed by atoms with Crippen LogP contribution in [0.5, 0.6) is 0 Å². The molecule has 2 amide bonds. The number of hydrogen-bond acceptors (Lipinski definition) is 3. The second kappa shape index (κ2) is 4.59. The van der Waals surface area contributed by atoms with E-state index < -0.39 is 17.8 Å². The lowest BCUT2D eigenvalue weighted by Gasteiger charge is -2.17. The molecule has 1 aromatic rings. The minimum absolute atomic E-state index is 0.0998. The summed E-state index contributed by atoms with van der Waals surface area (Å²) in [6.07, 6.45) is 0. The molecule has 0 atom stereocenters. The molecule has 1 aliphatic heterocycles. The Bertz CT molecular complexity index is 661. The van der Waals surface area contributed by atoms with E-state index >= 15 is 0 Å². The summed E-state index contributed by atoms with van der Waals surface area (Å²) in [5, 5.41) is 9.19. The molecular formula is C15H15NO4. The van der Waals surface area contributed by atoms with Gasteiger partial charge in [0.15, 0.2) is 0 Å². The number of carbonyl (C=O) groups excluding carboxylic acids is 2. The van der Waals surface area contributed by atoms with E-state index in [9.17, 15) is 19.5 Å². The first kappa shape index (κ1) is 14.0. The second-order valence-corrected chi connectivity index (χ2v) is 4.94. The van der Waals surface area contributed by atoms with Gasteiger partial charge in [0, 0.05) is 11.1 Å². The first-order valence-electron chi connectivity index (χ1n) is 6.16. The van der Waals surface area contributed by atoms with Crippen molar-refractivity contribution in [1.82, 2.24) is 0 Å². The van der Waals surface area contributed by atoms with Gasteiger partial charge in [0.1, 0.15) is 0 Å². The third-order valence-electron chi connectivity index (χ3n) is 3.75. The predicted octanol–water partition coefficient (Wildman–Crippen LogP) is 2.21. The molecule has 0 bridgehead atoms. The molecule has 1 aromatic carbocycles. The van der Waals surface area contributed by atoms with E-state index in [0.29, 0.717) is 22.4 Å². The lowest BCUT2D eigenvalue weighted by molar-refractivity contribution is -0.120. The number of aromatic carboxylic acids is 1. The van der Waals surface area contributed by atoms with Crippen LogP contribution in [0.25, 0.3) is 0 Å². The van der Waals surface area contributed by atoms with Crippen LogP contribution in [0.1, 0.15) is 35.3 Å². The van der Waals surface area contributed by atoms with Gasteiger partial charge < -0.3 is 5.11 Å². The van der Waals surface area contributed by atoms with Crippen molar-refractivity contribution in [1.29, 1.82) is 0 Å². The fourth-order valence-corrected chi connectivity index (χ4v) is 2.17. The highest BCUT2D eigenvalue weighted by Crippen LogP contribution is 2.29. The number of amides is 2. The number of carboxylic acid groups (broad SMARTS) is 1. The molecule has 0 unspecified atom stereocenters. The maximum absolute atomic E-state index is 12.1. The van der Waals surface area contributed by atoms with Crippen LogP contribution in [0.2, 0.25) is 0 Å². The van der Waals surface area contributed by atoms with Crippen LogP contribution in [0.3, 0.4) is 0 Å². The highest BCUT2D eigenvalue weighted by molar-refractivity contribution is 6.32. The van der Waals surface area contributed by atoms with Crippen molar-refractivity contribution in [2.45, 2.75) is 27.7 Å². The maximum Gasteiger partial charge on any atom is 0.336 e. The van der Waals surface area contributed by atoms with E-state index in [1.807, 2.05) is 0 Å². The fraction of sp³-hybridized carbons (Fsp3) is 0.267. The number of carbonyl (C=O) groups is 3. The Labute approximate surface area is 116 Å². The summed E-state index contributed by atoms with van der Waals surface area (Å²) in [6.45, 7) is 6.64. The number of anilines is 1. The van der Waals surface area contributed by atoms with Crippen LogP contribution < -0.4 is 4.90 Å². The summed E-state index contributed by atoms with van der Waals surface area (Å²) >= 11 is 0. The zero-order chi connectivity index (χ0) is 15.2. The number of imide groups is 1. The average Bonchev–Trinajstić information content (AvgIpc) is 2.57. The van der Waals surface area contributed by atoms with Crippen molar-refractivity contribution in [3.05, 3.63) is 40.0 Å². The Hall–Kier alpha value is -2.43. The van der Waals surface area contributed by atoms with Gasteiger partial charge >= 0.3 is 5.97 Å². The first-order valence-corrected chi connectivity index (χ1v) is 6.16. The van der Waals surface area contributed by atoms with Gasteiger partial charge in [0.2, 0.25) is 0 Å². The third-order valence-corrected chi connectivity index (χ3v) is 3.75. The number of nitrogens with zero attached hydrogens (tertiary/aromatic N) is 1. The molecule has 2 rings (SSSR count). The Morgan fingerprint density at radius 3 is 1.95 bits per heavy atom. The Morgan fingerprint density at radius 2 is 1.50 bits per heavy atom. The van der Waals surface area contributed by atoms with Crippen molar-refractivity contribution in [2.24, 2.45) is 0 Å². The predicted molar refractivity (Wildman–Crippen MR) is 73.7 cm³/mol. The van der Waals surface area contributed by atoms with Gasteiger partial charge in [-0.1, -0.05) is 0 Å². The van der Waals surface area contributed by atoms with Gasteiger partial charge in [-0.15, -0.1) is 0 Å². The van der Waals surface area contributed by atoms with Gasteiger partial charge in [-0.2, -0.15) is 0 Å². The molecular weight excluding hydrogens is 258 g/mol. The number of hydrogen-bond donors (Lipinski definition) is 1. The number of aryl methyl sites for hydroxylation is 1. The van der Waals surface area contributed by atoms with Crippen LogP contribution in [0.15, 0.2) is 23.3 Å². The largest absolute Gasteiger partial charge is 0.478 e. The molecule has 104 valence electrons. The van der Waals surface area contributed by atoms with Crippen LogP contribution >= 0.6 is 0 Å². The van der Waals surface area contributed by atoms with Gasteiger partial charge in [-0.05, 0) is 51.0 Å². The smallest absolute Gasteiger partial charge is 0.336 e. The second-order valence-electron chi connectivity index (χ2n) is 4.94. The highest BCUT2D eigenvalue weighted by Gasteiger charge is 2.35. The minimum Gasteiger partial charge on any atom is -0.478 e. The Balaban J connectivity index is 2.59. The lowest BCUT2D eigenvalue weighted by Crippen LogP contribution is -2.31. The van der Waals surface area contributed by atoms with Crippen molar-refractivity contribution in [3.8, 4) is 0 Å². The SMILES string of the molecule is CC1=C(C)C(=O)N(c2cc(C)c(C)c(C(=O)O)c2)C1=O. The summed E-state index contributed by atoms with van der Waals surface area (Å²) in [6, 6.07) is 3.02. The van der Waals surface area contributed by atoms with Crippen LogP contribution in [-0.2, 0) is 9.59 Å². The van der Waals surface area contributed by atoms with E-state index in [1.54, 1.807) is 33.8 Å². The van der Waals surface area contributed by atoms with Gasteiger partial charge in [-0.3, -0.25) is 9.59 Å².